The Morgan fingerprint density at radius 3 is 2.12 bits per heavy atom. The second kappa shape index (κ2) is 4.99. The second-order valence-electron chi connectivity index (χ2n) is 3.64. The van der Waals surface area contributed by atoms with Gasteiger partial charge in [-0.2, -0.15) is 8.42 Å². The van der Waals surface area contributed by atoms with Gasteiger partial charge >= 0.3 is 22.4 Å². The molecule has 0 saturated heterocycles. The van der Waals surface area contributed by atoms with E-state index >= 15 is 0 Å². The Morgan fingerprint density at radius 1 is 1.25 bits per heavy atom. The van der Waals surface area contributed by atoms with Crippen LogP contribution in [0.2, 0.25) is 0 Å². The van der Waals surface area contributed by atoms with E-state index in [0.717, 1.165) is 4.72 Å². The van der Waals surface area contributed by atoms with Crippen molar-refractivity contribution >= 4 is 22.4 Å². The molecule has 0 aliphatic heterocycles. The van der Waals surface area contributed by atoms with Gasteiger partial charge in [0.2, 0.25) is 0 Å². The lowest BCUT2D eigenvalue weighted by molar-refractivity contribution is 0.0514. The average Bonchev–Trinajstić information content (AvgIpc) is 1.95. The maximum absolute atomic E-state index is 11.0. The van der Waals surface area contributed by atoms with Crippen molar-refractivity contribution in [2.75, 3.05) is 0 Å². The summed E-state index contributed by atoms with van der Waals surface area (Å²) in [5.41, 5.74) is 0.864. The highest BCUT2D eigenvalue weighted by Gasteiger charge is 2.18. The molecule has 0 aliphatic rings. The Bertz CT molecular complexity index is 370. The first-order chi connectivity index (χ1) is 7.02. The first-order valence-electron chi connectivity index (χ1n) is 4.03. The molecule has 94 valence electrons. The summed E-state index contributed by atoms with van der Waals surface area (Å²) in [5.74, 6) is 0. The SMILES string of the molecule is CC(C)(C)OC(=O)NNS(=O)(=O)NC(=O)O. The maximum Gasteiger partial charge on any atom is 0.423 e. The third kappa shape index (κ3) is 7.82. The lowest BCUT2D eigenvalue weighted by Gasteiger charge is -2.19. The number of carbonyl (C=O) groups is 2. The molecule has 9 nitrogen and oxygen atoms in total. The number of ether oxygens (including phenoxy) is 1. The van der Waals surface area contributed by atoms with Crippen LogP contribution in [0.15, 0.2) is 0 Å². The zero-order chi connectivity index (χ0) is 13.0. The van der Waals surface area contributed by atoms with E-state index < -0.39 is 28.0 Å². The molecule has 0 fully saturated rings. The van der Waals surface area contributed by atoms with Crippen LogP contribution in [0.5, 0.6) is 0 Å². The van der Waals surface area contributed by atoms with Gasteiger partial charge in [0.05, 0.1) is 0 Å². The summed E-state index contributed by atoms with van der Waals surface area (Å²) in [7, 11) is -4.34. The van der Waals surface area contributed by atoms with E-state index in [2.05, 4.69) is 4.74 Å². The summed E-state index contributed by atoms with van der Waals surface area (Å²) < 4.78 is 27.5. The van der Waals surface area contributed by atoms with Gasteiger partial charge in [-0.25, -0.2) is 19.7 Å². The van der Waals surface area contributed by atoms with Crippen LogP contribution in [-0.4, -0.2) is 31.3 Å². The molecule has 0 aromatic heterocycles. The number of hydrazine groups is 1. The molecule has 0 aromatic carbocycles. The second-order valence-corrected chi connectivity index (χ2v) is 5.05. The molecule has 0 saturated carbocycles. The topological polar surface area (TPSA) is 134 Å². The van der Waals surface area contributed by atoms with Crippen LogP contribution in [0, 0.1) is 0 Å². The van der Waals surface area contributed by atoms with Gasteiger partial charge in [0.1, 0.15) is 5.60 Å². The number of carbonyl (C=O) groups excluding carboxylic acids is 1. The molecular weight excluding hydrogens is 242 g/mol. The summed E-state index contributed by atoms with van der Waals surface area (Å²) in [5, 5.41) is 8.13. The fourth-order valence-corrected chi connectivity index (χ4v) is 1.05. The summed E-state index contributed by atoms with van der Waals surface area (Å²) >= 11 is 0. The van der Waals surface area contributed by atoms with Gasteiger partial charge < -0.3 is 9.84 Å². The molecule has 0 aromatic rings. The van der Waals surface area contributed by atoms with Gasteiger partial charge in [-0.15, -0.1) is 4.83 Å². The van der Waals surface area contributed by atoms with Crippen molar-refractivity contribution in [3.8, 4) is 0 Å². The molecule has 0 rings (SSSR count). The summed E-state index contributed by atoms with van der Waals surface area (Å²) in [6, 6.07) is 0. The molecule has 0 spiro atoms. The van der Waals surface area contributed by atoms with E-state index in [1.54, 1.807) is 26.2 Å². The molecule has 4 N–H and O–H groups in total. The fourth-order valence-electron chi connectivity index (χ4n) is 0.553. The lowest BCUT2D eigenvalue weighted by Crippen LogP contribution is -2.49. The van der Waals surface area contributed by atoms with E-state index in [1.807, 2.05) is 0 Å². The number of hydrogen-bond acceptors (Lipinski definition) is 5. The van der Waals surface area contributed by atoms with Gasteiger partial charge in [-0.1, -0.05) is 0 Å². The van der Waals surface area contributed by atoms with E-state index in [1.165, 1.54) is 4.83 Å². The van der Waals surface area contributed by atoms with E-state index in [9.17, 15) is 18.0 Å². The molecule has 0 bridgehead atoms. The van der Waals surface area contributed by atoms with Crippen molar-refractivity contribution in [1.82, 2.24) is 15.0 Å². The molecule has 0 atom stereocenters. The zero-order valence-corrected chi connectivity index (χ0v) is 9.71. The van der Waals surface area contributed by atoms with Crippen molar-refractivity contribution in [2.24, 2.45) is 0 Å². The van der Waals surface area contributed by atoms with Gasteiger partial charge in [-0.05, 0) is 20.8 Å². The van der Waals surface area contributed by atoms with Crippen molar-refractivity contribution in [1.29, 1.82) is 0 Å². The minimum absolute atomic E-state index is 0.796. The molecule has 0 aliphatic carbocycles. The smallest absolute Gasteiger partial charge is 0.423 e. The highest BCUT2D eigenvalue weighted by Crippen LogP contribution is 2.05. The Hall–Kier alpha value is -1.55. The number of amides is 2. The quantitative estimate of drug-likeness (QED) is 0.503. The van der Waals surface area contributed by atoms with Gasteiger partial charge in [0.15, 0.2) is 0 Å². The predicted octanol–water partition coefficient (Wildman–Crippen LogP) is -0.472. The van der Waals surface area contributed by atoms with Crippen LogP contribution in [0.4, 0.5) is 9.59 Å². The Morgan fingerprint density at radius 2 is 1.75 bits per heavy atom. The molecule has 2 amide bonds. The van der Waals surface area contributed by atoms with Crippen LogP contribution >= 0.6 is 0 Å². The standard InChI is InChI=1S/C6H13N3O6S/c1-6(2,3)15-5(12)7-9-16(13,14)8-4(10)11/h8-9H,1-3H3,(H,7,12)(H,10,11). The van der Waals surface area contributed by atoms with Gasteiger partial charge in [0, 0.05) is 0 Å². The number of carboxylic acid groups (broad SMARTS) is 1. The molecule has 0 heterocycles. The molecule has 10 heteroatoms. The van der Waals surface area contributed by atoms with Crippen molar-refractivity contribution in [3.05, 3.63) is 0 Å². The lowest BCUT2D eigenvalue weighted by atomic mass is 10.2. The van der Waals surface area contributed by atoms with E-state index in [4.69, 9.17) is 5.11 Å². The molecular formula is C6H13N3O6S. The fraction of sp³-hybridized carbons (Fsp3) is 0.667. The highest BCUT2D eigenvalue weighted by atomic mass is 32.2. The third-order valence-corrected chi connectivity index (χ3v) is 1.72. The van der Waals surface area contributed by atoms with E-state index in [-0.39, 0.29) is 0 Å². The van der Waals surface area contributed by atoms with Crippen LogP contribution in [-0.2, 0) is 14.9 Å². The molecule has 0 unspecified atom stereocenters. The van der Waals surface area contributed by atoms with Gasteiger partial charge in [0.25, 0.3) is 0 Å². The minimum Gasteiger partial charge on any atom is -0.464 e. The Kier molecular flexibility index (Phi) is 4.50. The largest absolute Gasteiger partial charge is 0.464 e. The molecule has 16 heavy (non-hydrogen) atoms. The third-order valence-electron chi connectivity index (χ3n) is 0.908. The normalized spacial score (nSPS) is 11.7. The summed E-state index contributed by atoms with van der Waals surface area (Å²) in [4.78, 5) is 22.4. The highest BCUT2D eigenvalue weighted by molar-refractivity contribution is 7.88. The van der Waals surface area contributed by atoms with Crippen molar-refractivity contribution in [2.45, 2.75) is 26.4 Å². The predicted molar refractivity (Wildman–Crippen MR) is 52.6 cm³/mol. The van der Waals surface area contributed by atoms with Crippen LogP contribution in [0.1, 0.15) is 20.8 Å². The number of nitrogens with one attached hydrogen (secondary N) is 3. The average molecular weight is 255 g/mol. The van der Waals surface area contributed by atoms with Crippen molar-refractivity contribution in [3.63, 3.8) is 0 Å². The first kappa shape index (κ1) is 14.5. The Balaban J connectivity index is 4.16. The molecule has 0 radical (unpaired) electrons. The monoisotopic (exact) mass is 255 g/mol. The van der Waals surface area contributed by atoms with Crippen molar-refractivity contribution < 1.29 is 27.9 Å². The first-order valence-corrected chi connectivity index (χ1v) is 5.51. The Labute approximate surface area is 92.3 Å². The maximum atomic E-state index is 11.0. The van der Waals surface area contributed by atoms with Crippen LogP contribution in [0.25, 0.3) is 0 Å². The zero-order valence-electron chi connectivity index (χ0n) is 8.90. The minimum atomic E-state index is -4.34. The summed E-state index contributed by atoms with van der Waals surface area (Å²) in [6.45, 7) is 4.74. The summed E-state index contributed by atoms with van der Waals surface area (Å²) in [6.07, 6.45) is -2.83. The number of rotatable bonds is 3. The van der Waals surface area contributed by atoms with E-state index in [0.29, 0.717) is 0 Å². The van der Waals surface area contributed by atoms with Crippen LogP contribution < -0.4 is 15.0 Å². The van der Waals surface area contributed by atoms with Gasteiger partial charge in [-0.3, -0.25) is 0 Å². The van der Waals surface area contributed by atoms with Crippen LogP contribution in [0.3, 0.4) is 0 Å². The number of hydrogen-bond donors (Lipinski definition) is 4.